The van der Waals surface area contributed by atoms with Crippen LogP contribution in [0.4, 0.5) is 5.69 Å². The molecule has 0 aromatic heterocycles. The summed E-state index contributed by atoms with van der Waals surface area (Å²) in [6, 6.07) is 19.0. The molecule has 2 rings (SSSR count). The summed E-state index contributed by atoms with van der Waals surface area (Å²) >= 11 is 0. The van der Waals surface area contributed by atoms with E-state index in [0.717, 1.165) is 18.7 Å². The van der Waals surface area contributed by atoms with Crippen molar-refractivity contribution in [3.8, 4) is 5.75 Å². The minimum atomic E-state index is -0.000522. The molecule has 0 spiro atoms. The zero-order valence-corrected chi connectivity index (χ0v) is 15.8. The highest BCUT2D eigenvalue weighted by Gasteiger charge is 2.17. The monoisotopic (exact) mass is 325 g/mol. The summed E-state index contributed by atoms with van der Waals surface area (Å²) in [6.07, 6.45) is 2.33. The van der Waals surface area contributed by atoms with Gasteiger partial charge in [0.15, 0.2) is 6.23 Å². The van der Waals surface area contributed by atoms with Gasteiger partial charge in [-0.1, -0.05) is 64.4 Å². The third-order valence-corrected chi connectivity index (χ3v) is 4.31. The summed E-state index contributed by atoms with van der Waals surface area (Å²) in [6.45, 7) is 12.0. The first-order valence-electron chi connectivity index (χ1n) is 9.00. The highest BCUT2D eigenvalue weighted by atomic mass is 16.5. The molecule has 0 saturated heterocycles. The lowest BCUT2D eigenvalue weighted by molar-refractivity contribution is 0.214. The largest absolute Gasteiger partial charge is 0.471 e. The fraction of sp³-hybridized carbons (Fsp3) is 0.455. The quantitative estimate of drug-likeness (QED) is 0.577. The maximum absolute atomic E-state index is 6.22. The van der Waals surface area contributed by atoms with Crippen LogP contribution in [-0.2, 0) is 5.41 Å². The van der Waals surface area contributed by atoms with E-state index in [9.17, 15) is 0 Å². The fourth-order valence-corrected chi connectivity index (χ4v) is 2.76. The van der Waals surface area contributed by atoms with E-state index < -0.39 is 0 Å². The van der Waals surface area contributed by atoms with E-state index in [2.05, 4.69) is 94.1 Å². The van der Waals surface area contributed by atoms with Gasteiger partial charge in [-0.15, -0.1) is 0 Å². The van der Waals surface area contributed by atoms with Crippen LogP contribution < -0.4 is 9.64 Å². The molecule has 24 heavy (non-hydrogen) atoms. The minimum absolute atomic E-state index is 0.000522. The molecule has 0 bridgehead atoms. The predicted molar refractivity (Wildman–Crippen MR) is 104 cm³/mol. The van der Waals surface area contributed by atoms with Gasteiger partial charge in [-0.05, 0) is 48.6 Å². The number of unbranched alkanes of at least 4 members (excludes halogenated alkanes) is 1. The van der Waals surface area contributed by atoms with Gasteiger partial charge in [0.1, 0.15) is 5.75 Å². The van der Waals surface area contributed by atoms with Gasteiger partial charge in [-0.25, -0.2) is 0 Å². The molecule has 0 saturated carbocycles. The van der Waals surface area contributed by atoms with Crippen LogP contribution >= 0.6 is 0 Å². The lowest BCUT2D eigenvalue weighted by Crippen LogP contribution is -2.38. The summed E-state index contributed by atoms with van der Waals surface area (Å²) in [4.78, 5) is 2.33. The molecule has 2 aromatic carbocycles. The molecule has 1 unspecified atom stereocenters. The Balaban J connectivity index is 2.11. The van der Waals surface area contributed by atoms with Crippen LogP contribution in [0.15, 0.2) is 54.6 Å². The zero-order chi connectivity index (χ0) is 17.6. The Morgan fingerprint density at radius 1 is 0.958 bits per heavy atom. The molecule has 0 N–H and O–H groups in total. The minimum Gasteiger partial charge on any atom is -0.471 e. The molecule has 0 heterocycles. The van der Waals surface area contributed by atoms with Gasteiger partial charge < -0.3 is 9.64 Å². The Morgan fingerprint density at radius 2 is 1.58 bits per heavy atom. The molecule has 0 radical (unpaired) electrons. The van der Waals surface area contributed by atoms with Crippen LogP contribution in [0.5, 0.6) is 5.75 Å². The first-order chi connectivity index (χ1) is 11.4. The molecule has 130 valence electrons. The van der Waals surface area contributed by atoms with E-state index in [1.165, 1.54) is 17.7 Å². The van der Waals surface area contributed by atoms with Gasteiger partial charge in [0.25, 0.3) is 0 Å². The second-order valence-electron chi connectivity index (χ2n) is 7.37. The van der Waals surface area contributed by atoms with E-state index in [1.54, 1.807) is 0 Å². The SMILES string of the molecule is CCCCN(c1ccccc1)C(C)Oc1ccc(C(C)(C)C)cc1. The van der Waals surface area contributed by atoms with Gasteiger partial charge >= 0.3 is 0 Å². The summed E-state index contributed by atoms with van der Waals surface area (Å²) < 4.78 is 6.22. The topological polar surface area (TPSA) is 12.5 Å². The normalized spacial score (nSPS) is 12.7. The summed E-state index contributed by atoms with van der Waals surface area (Å²) in [5.74, 6) is 0.924. The number of ether oxygens (including phenoxy) is 1. The molecule has 1 atom stereocenters. The van der Waals surface area contributed by atoms with E-state index in [0.29, 0.717) is 0 Å². The Kier molecular flexibility index (Phi) is 6.30. The van der Waals surface area contributed by atoms with Crippen molar-refractivity contribution >= 4 is 5.69 Å². The Labute approximate surface area is 147 Å². The van der Waals surface area contributed by atoms with E-state index >= 15 is 0 Å². The lowest BCUT2D eigenvalue weighted by Gasteiger charge is -2.31. The number of rotatable bonds is 7. The molecule has 0 fully saturated rings. The first kappa shape index (κ1) is 18.4. The predicted octanol–water partition coefficient (Wildman–Crippen LogP) is 6.02. The van der Waals surface area contributed by atoms with Crippen LogP contribution in [-0.4, -0.2) is 12.8 Å². The molecule has 2 nitrogen and oxygen atoms in total. The van der Waals surface area contributed by atoms with Gasteiger partial charge in [0.05, 0.1) is 0 Å². The Bertz CT molecular complexity index is 598. The molecule has 0 aliphatic heterocycles. The van der Waals surface area contributed by atoms with Gasteiger partial charge in [-0.2, -0.15) is 0 Å². The number of para-hydroxylation sites is 1. The first-order valence-corrected chi connectivity index (χ1v) is 9.00. The third-order valence-electron chi connectivity index (χ3n) is 4.31. The van der Waals surface area contributed by atoms with Crippen LogP contribution in [0.1, 0.15) is 53.0 Å². The van der Waals surface area contributed by atoms with Crippen molar-refractivity contribution in [1.82, 2.24) is 0 Å². The molecular weight excluding hydrogens is 294 g/mol. The highest BCUT2D eigenvalue weighted by Crippen LogP contribution is 2.26. The molecule has 0 aliphatic rings. The number of anilines is 1. The summed E-state index contributed by atoms with van der Waals surface area (Å²) in [5.41, 5.74) is 2.71. The maximum Gasteiger partial charge on any atom is 0.169 e. The second-order valence-corrected chi connectivity index (χ2v) is 7.37. The zero-order valence-electron chi connectivity index (χ0n) is 15.8. The van der Waals surface area contributed by atoms with Gasteiger partial charge in [0, 0.05) is 12.2 Å². The average molecular weight is 325 g/mol. The second kappa shape index (κ2) is 8.23. The average Bonchev–Trinajstić information content (AvgIpc) is 2.56. The number of benzene rings is 2. The van der Waals surface area contributed by atoms with Crippen LogP contribution in [0.25, 0.3) is 0 Å². The highest BCUT2D eigenvalue weighted by molar-refractivity contribution is 5.46. The number of hydrogen-bond donors (Lipinski definition) is 0. The summed E-state index contributed by atoms with van der Waals surface area (Å²) in [5, 5.41) is 0. The lowest BCUT2D eigenvalue weighted by atomic mass is 9.87. The van der Waals surface area contributed by atoms with Crippen molar-refractivity contribution in [3.63, 3.8) is 0 Å². The fourth-order valence-electron chi connectivity index (χ4n) is 2.76. The van der Waals surface area contributed by atoms with Crippen LogP contribution in [0, 0.1) is 0 Å². The molecule has 0 aliphatic carbocycles. The maximum atomic E-state index is 6.22. The van der Waals surface area contributed by atoms with E-state index in [1.807, 2.05) is 0 Å². The standard InChI is InChI=1S/C22H31NO/c1-6-7-17-23(20-11-9-8-10-12-20)18(2)24-21-15-13-19(14-16-21)22(3,4)5/h8-16,18H,6-7,17H2,1-5H3. The molecule has 2 aromatic rings. The van der Waals surface area contributed by atoms with E-state index in [-0.39, 0.29) is 11.6 Å². The van der Waals surface area contributed by atoms with Crippen molar-refractivity contribution in [2.24, 2.45) is 0 Å². The van der Waals surface area contributed by atoms with E-state index in [4.69, 9.17) is 4.74 Å². The van der Waals surface area contributed by atoms with Crippen molar-refractivity contribution in [2.45, 2.75) is 59.1 Å². The van der Waals surface area contributed by atoms with Gasteiger partial charge in [0.2, 0.25) is 0 Å². The molecule has 0 amide bonds. The van der Waals surface area contributed by atoms with Crippen LogP contribution in [0.3, 0.4) is 0 Å². The molecule has 2 heteroatoms. The van der Waals surface area contributed by atoms with Crippen molar-refractivity contribution in [3.05, 3.63) is 60.2 Å². The summed E-state index contributed by atoms with van der Waals surface area (Å²) in [7, 11) is 0. The van der Waals surface area contributed by atoms with Crippen molar-refractivity contribution in [1.29, 1.82) is 0 Å². The van der Waals surface area contributed by atoms with Crippen molar-refractivity contribution in [2.75, 3.05) is 11.4 Å². The van der Waals surface area contributed by atoms with Crippen molar-refractivity contribution < 1.29 is 4.74 Å². The molecular formula is C22H31NO. The smallest absolute Gasteiger partial charge is 0.169 e. The Morgan fingerprint density at radius 3 is 2.12 bits per heavy atom. The number of nitrogens with zero attached hydrogens (tertiary/aromatic N) is 1. The Hall–Kier alpha value is -1.96. The third kappa shape index (κ3) is 5.02. The van der Waals surface area contributed by atoms with Crippen LogP contribution in [0.2, 0.25) is 0 Å². The van der Waals surface area contributed by atoms with Gasteiger partial charge in [-0.3, -0.25) is 0 Å². The number of hydrogen-bond acceptors (Lipinski definition) is 2.